The summed E-state index contributed by atoms with van der Waals surface area (Å²) in [6.07, 6.45) is 0.893. The van der Waals surface area contributed by atoms with Crippen molar-refractivity contribution in [1.82, 2.24) is 4.57 Å². The van der Waals surface area contributed by atoms with Crippen LogP contribution in [0.2, 0.25) is 0 Å². The Morgan fingerprint density at radius 3 is 2.71 bits per heavy atom. The highest BCUT2D eigenvalue weighted by Gasteiger charge is 2.12. The van der Waals surface area contributed by atoms with E-state index in [-0.39, 0.29) is 6.61 Å². The first-order valence-electron chi connectivity index (χ1n) is 6.08. The summed E-state index contributed by atoms with van der Waals surface area (Å²) in [6.45, 7) is 5.68. The fraction of sp³-hybridized carbons (Fsp3) is 0.429. The van der Waals surface area contributed by atoms with Crippen molar-refractivity contribution in [2.75, 3.05) is 13.2 Å². The molecule has 92 valence electrons. The van der Waals surface area contributed by atoms with Crippen molar-refractivity contribution in [3.8, 4) is 0 Å². The predicted octanol–water partition coefficient (Wildman–Crippen LogP) is 1.75. The maximum atomic E-state index is 9.15. The number of hydrogen-bond donors (Lipinski definition) is 2. The van der Waals surface area contributed by atoms with Crippen LogP contribution in [0.3, 0.4) is 0 Å². The van der Waals surface area contributed by atoms with Crippen LogP contribution < -0.4 is 5.73 Å². The molecule has 0 saturated carbocycles. The van der Waals surface area contributed by atoms with Gasteiger partial charge in [-0.05, 0) is 44.5 Å². The summed E-state index contributed by atoms with van der Waals surface area (Å²) < 4.78 is 2.18. The third kappa shape index (κ3) is 2.08. The minimum Gasteiger partial charge on any atom is -0.395 e. The summed E-state index contributed by atoms with van der Waals surface area (Å²) in [5.74, 6) is 0. The minimum absolute atomic E-state index is 0.167. The Labute approximate surface area is 102 Å². The number of hydrogen-bond acceptors (Lipinski definition) is 2. The molecule has 2 rings (SSSR count). The van der Waals surface area contributed by atoms with Crippen molar-refractivity contribution in [3.63, 3.8) is 0 Å². The summed E-state index contributed by atoms with van der Waals surface area (Å²) in [4.78, 5) is 0. The summed E-state index contributed by atoms with van der Waals surface area (Å²) in [5.41, 5.74) is 10.7. The van der Waals surface area contributed by atoms with E-state index >= 15 is 0 Å². The number of nitrogens with two attached hydrogens (primary N) is 1. The molecule has 1 heterocycles. The Bertz CT molecular complexity index is 528. The van der Waals surface area contributed by atoms with Crippen LogP contribution in [0.1, 0.15) is 16.8 Å². The number of benzene rings is 1. The molecule has 1 aromatic carbocycles. The standard InChI is InChI=1S/C14H20N2O/c1-10-3-4-14-13(9-10)12(5-6-15)11(2)16(14)7-8-17/h3-4,9,17H,5-8,15H2,1-2H3. The molecule has 3 nitrogen and oxygen atoms in total. The Hall–Kier alpha value is -1.32. The average molecular weight is 232 g/mol. The average Bonchev–Trinajstić information content (AvgIpc) is 2.55. The van der Waals surface area contributed by atoms with Crippen LogP contribution in [-0.2, 0) is 13.0 Å². The molecule has 0 aliphatic heterocycles. The maximum absolute atomic E-state index is 9.15. The second-order valence-electron chi connectivity index (χ2n) is 4.50. The van der Waals surface area contributed by atoms with Gasteiger partial charge in [0.05, 0.1) is 6.61 Å². The Balaban J connectivity index is 2.69. The van der Waals surface area contributed by atoms with E-state index in [0.29, 0.717) is 13.1 Å². The number of aryl methyl sites for hydroxylation is 1. The van der Waals surface area contributed by atoms with E-state index in [1.807, 2.05) is 0 Å². The van der Waals surface area contributed by atoms with Crippen molar-refractivity contribution < 1.29 is 5.11 Å². The van der Waals surface area contributed by atoms with Crippen molar-refractivity contribution in [2.24, 2.45) is 5.73 Å². The monoisotopic (exact) mass is 232 g/mol. The van der Waals surface area contributed by atoms with E-state index in [4.69, 9.17) is 10.8 Å². The summed E-state index contributed by atoms with van der Waals surface area (Å²) >= 11 is 0. The first-order chi connectivity index (χ1) is 8.19. The van der Waals surface area contributed by atoms with E-state index < -0.39 is 0 Å². The lowest BCUT2D eigenvalue weighted by molar-refractivity contribution is 0.277. The van der Waals surface area contributed by atoms with E-state index in [0.717, 1.165) is 6.42 Å². The second kappa shape index (κ2) is 4.90. The van der Waals surface area contributed by atoms with E-state index in [9.17, 15) is 0 Å². The molecule has 0 atom stereocenters. The molecular formula is C14H20N2O. The molecule has 0 amide bonds. The Morgan fingerprint density at radius 1 is 1.29 bits per heavy atom. The lowest BCUT2D eigenvalue weighted by atomic mass is 10.1. The molecular weight excluding hydrogens is 212 g/mol. The number of aromatic nitrogens is 1. The first-order valence-corrected chi connectivity index (χ1v) is 6.08. The number of nitrogens with zero attached hydrogens (tertiary/aromatic N) is 1. The van der Waals surface area contributed by atoms with Gasteiger partial charge in [0.2, 0.25) is 0 Å². The summed E-state index contributed by atoms with van der Waals surface area (Å²) in [5, 5.41) is 10.4. The van der Waals surface area contributed by atoms with Crippen LogP contribution in [-0.4, -0.2) is 22.8 Å². The van der Waals surface area contributed by atoms with E-state index in [1.54, 1.807) is 0 Å². The van der Waals surface area contributed by atoms with Crippen molar-refractivity contribution in [3.05, 3.63) is 35.0 Å². The second-order valence-corrected chi connectivity index (χ2v) is 4.50. The largest absolute Gasteiger partial charge is 0.395 e. The molecule has 0 fully saturated rings. The maximum Gasteiger partial charge on any atom is 0.0610 e. The fourth-order valence-electron chi connectivity index (χ4n) is 2.51. The minimum atomic E-state index is 0.167. The lowest BCUT2D eigenvalue weighted by Gasteiger charge is -2.06. The predicted molar refractivity (Wildman–Crippen MR) is 71.3 cm³/mol. The summed E-state index contributed by atoms with van der Waals surface area (Å²) in [7, 11) is 0. The van der Waals surface area contributed by atoms with Gasteiger partial charge >= 0.3 is 0 Å². The van der Waals surface area contributed by atoms with Gasteiger partial charge in [0.1, 0.15) is 0 Å². The van der Waals surface area contributed by atoms with Gasteiger partial charge in [-0.25, -0.2) is 0 Å². The SMILES string of the molecule is Cc1ccc2c(c1)c(CCN)c(C)n2CCO. The van der Waals surface area contributed by atoms with Gasteiger partial charge in [0.15, 0.2) is 0 Å². The van der Waals surface area contributed by atoms with Gasteiger partial charge in [-0.1, -0.05) is 11.6 Å². The molecule has 0 spiro atoms. The van der Waals surface area contributed by atoms with Gasteiger partial charge in [0.25, 0.3) is 0 Å². The zero-order chi connectivity index (χ0) is 12.4. The number of aliphatic hydroxyl groups is 1. The van der Waals surface area contributed by atoms with Crippen LogP contribution in [0.4, 0.5) is 0 Å². The van der Waals surface area contributed by atoms with Crippen LogP contribution >= 0.6 is 0 Å². The lowest BCUT2D eigenvalue weighted by Crippen LogP contribution is -2.06. The molecule has 3 N–H and O–H groups in total. The third-order valence-corrected chi connectivity index (χ3v) is 3.33. The van der Waals surface area contributed by atoms with Gasteiger partial charge in [0, 0.05) is 23.1 Å². The number of aliphatic hydroxyl groups excluding tert-OH is 1. The molecule has 0 radical (unpaired) electrons. The molecule has 0 aliphatic carbocycles. The molecule has 3 heteroatoms. The Kier molecular flexibility index (Phi) is 3.50. The van der Waals surface area contributed by atoms with Crippen LogP contribution in [0.5, 0.6) is 0 Å². The van der Waals surface area contributed by atoms with Crippen LogP contribution in [0.25, 0.3) is 10.9 Å². The van der Waals surface area contributed by atoms with Crippen LogP contribution in [0, 0.1) is 13.8 Å². The molecule has 17 heavy (non-hydrogen) atoms. The zero-order valence-corrected chi connectivity index (χ0v) is 10.5. The molecule has 0 bridgehead atoms. The van der Waals surface area contributed by atoms with E-state index in [1.165, 1.54) is 27.7 Å². The Morgan fingerprint density at radius 2 is 2.06 bits per heavy atom. The molecule has 0 unspecified atom stereocenters. The number of fused-ring (bicyclic) bond motifs is 1. The van der Waals surface area contributed by atoms with E-state index in [2.05, 4.69) is 36.6 Å². The van der Waals surface area contributed by atoms with Crippen LogP contribution in [0.15, 0.2) is 18.2 Å². The molecule has 0 aliphatic rings. The third-order valence-electron chi connectivity index (χ3n) is 3.33. The summed E-state index contributed by atoms with van der Waals surface area (Å²) in [6, 6.07) is 6.45. The van der Waals surface area contributed by atoms with Crippen molar-refractivity contribution in [2.45, 2.75) is 26.8 Å². The highest BCUT2D eigenvalue weighted by molar-refractivity contribution is 5.86. The molecule has 0 saturated heterocycles. The normalized spacial score (nSPS) is 11.3. The van der Waals surface area contributed by atoms with Gasteiger partial charge < -0.3 is 15.4 Å². The zero-order valence-electron chi connectivity index (χ0n) is 10.5. The van der Waals surface area contributed by atoms with Crippen molar-refractivity contribution >= 4 is 10.9 Å². The highest BCUT2D eigenvalue weighted by Crippen LogP contribution is 2.27. The smallest absolute Gasteiger partial charge is 0.0610 e. The van der Waals surface area contributed by atoms with Gasteiger partial charge in [-0.15, -0.1) is 0 Å². The molecule has 2 aromatic rings. The molecule has 1 aromatic heterocycles. The fourth-order valence-corrected chi connectivity index (χ4v) is 2.51. The first kappa shape index (κ1) is 12.1. The topological polar surface area (TPSA) is 51.2 Å². The van der Waals surface area contributed by atoms with Crippen molar-refractivity contribution in [1.29, 1.82) is 0 Å². The number of rotatable bonds is 4. The quantitative estimate of drug-likeness (QED) is 0.843. The highest BCUT2D eigenvalue weighted by atomic mass is 16.3. The van der Waals surface area contributed by atoms with Gasteiger partial charge in [-0.3, -0.25) is 0 Å². The van der Waals surface area contributed by atoms with Gasteiger partial charge in [-0.2, -0.15) is 0 Å².